The normalized spacial score (nSPS) is 10.9. The maximum Gasteiger partial charge on any atom is 0.298 e. The Morgan fingerprint density at radius 3 is 2.46 bits per heavy atom. The summed E-state index contributed by atoms with van der Waals surface area (Å²) in [6, 6.07) is 16.2. The minimum absolute atomic E-state index is 0.0255. The molecule has 0 bridgehead atoms. The van der Waals surface area contributed by atoms with Gasteiger partial charge in [-0.3, -0.25) is 24.3 Å². The van der Waals surface area contributed by atoms with E-state index in [1.54, 1.807) is 49.4 Å². The Labute approximate surface area is 159 Å². The number of benzene rings is 2. The standard InChI is InChI=1S/C21H14N2O5/c1-13-17(12-24)16-4-2-3-5-18(16)22(13)21(25)20-11-10-19(28-20)14-6-8-15(9-7-14)23(26)27/h2-12H,1H3. The molecule has 0 aliphatic carbocycles. The second kappa shape index (κ2) is 6.62. The first kappa shape index (κ1) is 17.4. The number of hydrogen-bond acceptors (Lipinski definition) is 5. The van der Waals surface area contributed by atoms with Crippen LogP contribution in [0.3, 0.4) is 0 Å². The van der Waals surface area contributed by atoms with Gasteiger partial charge in [0.2, 0.25) is 0 Å². The number of fused-ring (bicyclic) bond motifs is 1. The minimum Gasteiger partial charge on any atom is -0.451 e. The summed E-state index contributed by atoms with van der Waals surface area (Å²) in [4.78, 5) is 34.8. The largest absolute Gasteiger partial charge is 0.451 e. The van der Waals surface area contributed by atoms with Crippen molar-refractivity contribution >= 4 is 28.8 Å². The van der Waals surface area contributed by atoms with Crippen molar-refractivity contribution in [2.24, 2.45) is 0 Å². The monoisotopic (exact) mass is 374 g/mol. The number of aromatic nitrogens is 1. The average molecular weight is 374 g/mol. The highest BCUT2D eigenvalue weighted by Gasteiger charge is 2.22. The van der Waals surface area contributed by atoms with Gasteiger partial charge in [0, 0.05) is 34.3 Å². The van der Waals surface area contributed by atoms with Gasteiger partial charge in [-0.05, 0) is 37.3 Å². The molecule has 2 aromatic carbocycles. The van der Waals surface area contributed by atoms with Gasteiger partial charge >= 0.3 is 0 Å². The molecule has 0 unspecified atom stereocenters. The van der Waals surface area contributed by atoms with Crippen LogP contribution in [0.4, 0.5) is 5.69 Å². The van der Waals surface area contributed by atoms with Crippen LogP contribution in [0.2, 0.25) is 0 Å². The van der Waals surface area contributed by atoms with Crippen molar-refractivity contribution in [3.05, 3.63) is 87.8 Å². The third-order valence-electron chi connectivity index (χ3n) is 4.66. The Hall–Kier alpha value is -4.00. The highest BCUT2D eigenvalue weighted by molar-refractivity contribution is 6.07. The molecule has 2 heterocycles. The predicted octanol–water partition coefficient (Wildman–Crippen LogP) is 4.62. The summed E-state index contributed by atoms with van der Waals surface area (Å²) in [5.74, 6) is 0.132. The van der Waals surface area contributed by atoms with Gasteiger partial charge in [-0.25, -0.2) is 0 Å². The van der Waals surface area contributed by atoms with Crippen LogP contribution in [0.15, 0.2) is 65.1 Å². The number of aldehydes is 1. The predicted molar refractivity (Wildman–Crippen MR) is 103 cm³/mol. The Morgan fingerprint density at radius 2 is 1.79 bits per heavy atom. The first-order valence-electron chi connectivity index (χ1n) is 8.46. The summed E-state index contributed by atoms with van der Waals surface area (Å²) in [5, 5.41) is 11.5. The number of furan rings is 1. The van der Waals surface area contributed by atoms with E-state index in [9.17, 15) is 19.7 Å². The summed E-state index contributed by atoms with van der Waals surface area (Å²) in [7, 11) is 0. The lowest BCUT2D eigenvalue weighted by Crippen LogP contribution is -2.12. The molecule has 2 aromatic heterocycles. The van der Waals surface area contributed by atoms with Crippen LogP contribution < -0.4 is 0 Å². The summed E-state index contributed by atoms with van der Waals surface area (Å²) in [6.07, 6.45) is 0.742. The zero-order chi connectivity index (χ0) is 19.8. The highest BCUT2D eigenvalue weighted by Crippen LogP contribution is 2.28. The minimum atomic E-state index is -0.481. The molecule has 7 heteroatoms. The van der Waals surface area contributed by atoms with Crippen molar-refractivity contribution in [2.45, 2.75) is 6.92 Å². The van der Waals surface area contributed by atoms with Crippen LogP contribution in [0.1, 0.15) is 26.6 Å². The van der Waals surface area contributed by atoms with E-state index in [1.807, 2.05) is 6.07 Å². The molecule has 0 amide bonds. The van der Waals surface area contributed by atoms with E-state index in [-0.39, 0.29) is 11.4 Å². The second-order valence-electron chi connectivity index (χ2n) is 6.24. The molecular formula is C21H14N2O5. The fraction of sp³-hybridized carbons (Fsp3) is 0.0476. The average Bonchev–Trinajstić information content (AvgIpc) is 3.30. The van der Waals surface area contributed by atoms with Gasteiger partial charge in [-0.1, -0.05) is 18.2 Å². The van der Waals surface area contributed by atoms with Gasteiger partial charge in [-0.2, -0.15) is 0 Å². The number of para-hydroxylation sites is 1. The maximum absolute atomic E-state index is 13.1. The van der Waals surface area contributed by atoms with Crippen molar-refractivity contribution in [3.63, 3.8) is 0 Å². The summed E-state index contributed by atoms with van der Waals surface area (Å²) in [6.45, 7) is 1.71. The molecule has 0 spiro atoms. The molecule has 0 saturated heterocycles. The van der Waals surface area contributed by atoms with E-state index in [4.69, 9.17) is 4.42 Å². The van der Waals surface area contributed by atoms with Crippen molar-refractivity contribution in [1.82, 2.24) is 4.57 Å². The fourth-order valence-electron chi connectivity index (χ4n) is 3.27. The zero-order valence-electron chi connectivity index (χ0n) is 14.8. The van der Waals surface area contributed by atoms with Gasteiger partial charge in [0.25, 0.3) is 11.6 Å². The highest BCUT2D eigenvalue weighted by atomic mass is 16.6. The lowest BCUT2D eigenvalue weighted by Gasteiger charge is -2.04. The van der Waals surface area contributed by atoms with Crippen molar-refractivity contribution in [2.75, 3.05) is 0 Å². The van der Waals surface area contributed by atoms with Crippen molar-refractivity contribution in [3.8, 4) is 11.3 Å². The lowest BCUT2D eigenvalue weighted by atomic mass is 10.1. The number of non-ortho nitro benzene ring substituents is 1. The molecular weight excluding hydrogens is 360 g/mol. The van der Waals surface area contributed by atoms with E-state index in [2.05, 4.69) is 0 Å². The number of rotatable bonds is 4. The number of nitro groups is 1. The smallest absolute Gasteiger partial charge is 0.298 e. The molecule has 138 valence electrons. The van der Waals surface area contributed by atoms with E-state index in [0.717, 1.165) is 6.29 Å². The molecule has 0 aliphatic heterocycles. The Bertz CT molecular complexity index is 1230. The molecule has 0 saturated carbocycles. The van der Waals surface area contributed by atoms with Crippen LogP contribution in [-0.2, 0) is 0 Å². The van der Waals surface area contributed by atoms with Gasteiger partial charge < -0.3 is 4.42 Å². The lowest BCUT2D eigenvalue weighted by molar-refractivity contribution is -0.384. The van der Waals surface area contributed by atoms with Gasteiger partial charge in [0.1, 0.15) is 5.76 Å². The number of hydrogen-bond donors (Lipinski definition) is 0. The number of carbonyl (C=O) groups excluding carboxylic acids is 2. The first-order chi connectivity index (χ1) is 13.5. The SMILES string of the molecule is Cc1c(C=O)c2ccccc2n1C(=O)c1ccc(-c2ccc([N+](=O)[O-])cc2)o1. The molecule has 0 atom stereocenters. The molecule has 0 aliphatic rings. The van der Waals surface area contributed by atoms with E-state index in [1.165, 1.54) is 16.7 Å². The Morgan fingerprint density at radius 1 is 1.07 bits per heavy atom. The van der Waals surface area contributed by atoms with Gasteiger partial charge in [-0.15, -0.1) is 0 Å². The third-order valence-corrected chi connectivity index (χ3v) is 4.66. The topological polar surface area (TPSA) is 95.3 Å². The summed E-state index contributed by atoms with van der Waals surface area (Å²) >= 11 is 0. The molecule has 0 N–H and O–H groups in total. The van der Waals surface area contributed by atoms with E-state index >= 15 is 0 Å². The number of nitrogens with zero attached hydrogens (tertiary/aromatic N) is 2. The fourth-order valence-corrected chi connectivity index (χ4v) is 3.27. The molecule has 0 radical (unpaired) electrons. The molecule has 4 rings (SSSR count). The molecule has 4 aromatic rings. The molecule has 28 heavy (non-hydrogen) atoms. The van der Waals surface area contributed by atoms with Crippen molar-refractivity contribution in [1.29, 1.82) is 0 Å². The first-order valence-corrected chi connectivity index (χ1v) is 8.46. The molecule has 0 fully saturated rings. The summed E-state index contributed by atoms with van der Waals surface area (Å²) in [5.41, 5.74) is 2.22. The van der Waals surface area contributed by atoms with E-state index in [0.29, 0.717) is 33.5 Å². The maximum atomic E-state index is 13.1. The van der Waals surface area contributed by atoms with Crippen molar-refractivity contribution < 1.29 is 18.9 Å². The third kappa shape index (κ3) is 2.69. The van der Waals surface area contributed by atoms with Gasteiger partial charge in [0.15, 0.2) is 12.0 Å². The van der Waals surface area contributed by atoms with Crippen LogP contribution in [0.25, 0.3) is 22.2 Å². The van der Waals surface area contributed by atoms with Gasteiger partial charge in [0.05, 0.1) is 10.4 Å². The van der Waals surface area contributed by atoms with Crippen LogP contribution in [-0.4, -0.2) is 21.7 Å². The number of carbonyl (C=O) groups is 2. The Kier molecular flexibility index (Phi) is 4.12. The van der Waals surface area contributed by atoms with Crippen LogP contribution in [0.5, 0.6) is 0 Å². The second-order valence-corrected chi connectivity index (χ2v) is 6.24. The summed E-state index contributed by atoms with van der Waals surface area (Å²) < 4.78 is 7.16. The van der Waals surface area contributed by atoms with Crippen LogP contribution in [0, 0.1) is 17.0 Å². The Balaban J connectivity index is 1.75. The van der Waals surface area contributed by atoms with Crippen LogP contribution >= 0.6 is 0 Å². The van der Waals surface area contributed by atoms with E-state index < -0.39 is 10.8 Å². The zero-order valence-corrected chi connectivity index (χ0v) is 14.8. The molecule has 7 nitrogen and oxygen atoms in total. The number of nitro benzene ring substituents is 1. The quantitative estimate of drug-likeness (QED) is 0.295.